The van der Waals surface area contributed by atoms with Crippen molar-refractivity contribution in [1.29, 1.82) is 0 Å². The molecule has 0 spiro atoms. The van der Waals surface area contributed by atoms with Crippen LogP contribution in [0.5, 0.6) is 5.75 Å². The number of ketones is 1. The number of ether oxygens (including phenoxy) is 1. The number of anilines is 1. The summed E-state index contributed by atoms with van der Waals surface area (Å²) < 4.78 is 80.2. The molecule has 3 heterocycles. The lowest BCUT2D eigenvalue weighted by Crippen LogP contribution is -2.30. The summed E-state index contributed by atoms with van der Waals surface area (Å²) in [5.41, 5.74) is -1.56. The average molecular weight is 524 g/mol. The Balaban J connectivity index is 1.85. The summed E-state index contributed by atoms with van der Waals surface area (Å²) in [6, 6.07) is 7.00. The fourth-order valence-corrected chi connectivity index (χ4v) is 3.61. The van der Waals surface area contributed by atoms with E-state index in [1.54, 1.807) is 6.92 Å². The topological polar surface area (TPSA) is 106 Å². The summed E-state index contributed by atoms with van der Waals surface area (Å²) in [4.78, 5) is 30.1. The first-order valence-electron chi connectivity index (χ1n) is 10.3. The van der Waals surface area contributed by atoms with E-state index in [0.717, 1.165) is 35.2 Å². The number of nitrogens with zero attached hydrogens (tertiary/aromatic N) is 4. The molecule has 1 unspecified atom stereocenters. The number of hydrogen-bond acceptors (Lipinski definition) is 7. The number of amides is 1. The molecule has 1 fully saturated rings. The number of halogens is 6. The molecule has 192 valence electrons. The lowest BCUT2D eigenvalue weighted by molar-refractivity contribution is -0.274. The number of aromatic nitrogens is 3. The van der Waals surface area contributed by atoms with Gasteiger partial charge >= 0.3 is 18.4 Å². The van der Waals surface area contributed by atoms with E-state index in [9.17, 15) is 41.0 Å². The van der Waals surface area contributed by atoms with Crippen LogP contribution in [0.1, 0.15) is 28.6 Å². The predicted molar refractivity (Wildman–Crippen MR) is 114 cm³/mol. The van der Waals surface area contributed by atoms with Crippen LogP contribution in [0.4, 0.5) is 32.2 Å². The van der Waals surface area contributed by atoms with E-state index >= 15 is 0 Å². The van der Waals surface area contributed by atoms with Crippen LogP contribution in [0.25, 0.3) is 5.76 Å². The second-order valence-electron chi connectivity index (χ2n) is 7.75. The van der Waals surface area contributed by atoms with Gasteiger partial charge in [0.05, 0.1) is 17.3 Å². The first-order valence-corrected chi connectivity index (χ1v) is 10.3. The zero-order valence-electron chi connectivity index (χ0n) is 18.5. The van der Waals surface area contributed by atoms with Crippen molar-refractivity contribution in [2.75, 3.05) is 4.90 Å². The third kappa shape index (κ3) is 5.22. The van der Waals surface area contributed by atoms with E-state index in [-0.39, 0.29) is 16.9 Å². The standard InChI is InChI=1S/C23H14F6N4O4/c1-11-2-9-16(32-31-11)33-18(12-3-6-14(7-4-12)37-23(27,28)29)17(20(35)21(33)36)19(34)13-5-8-15(30-10-13)22(24,25)26/h2-10,18,34H,1H3. The highest BCUT2D eigenvalue weighted by Crippen LogP contribution is 2.42. The minimum Gasteiger partial charge on any atom is -0.507 e. The number of aliphatic hydroxyl groups is 1. The van der Waals surface area contributed by atoms with E-state index in [1.165, 1.54) is 12.1 Å². The van der Waals surface area contributed by atoms with Gasteiger partial charge in [-0.1, -0.05) is 12.1 Å². The summed E-state index contributed by atoms with van der Waals surface area (Å²) in [5, 5.41) is 18.6. The summed E-state index contributed by atoms with van der Waals surface area (Å²) in [5.74, 6) is -3.91. The fraction of sp³-hybridized carbons (Fsp3) is 0.174. The molecular formula is C23H14F6N4O4. The molecule has 1 aliphatic heterocycles. The van der Waals surface area contributed by atoms with Gasteiger partial charge in [-0.2, -0.15) is 18.3 Å². The minimum absolute atomic E-state index is 0.0671. The fourth-order valence-electron chi connectivity index (χ4n) is 3.61. The van der Waals surface area contributed by atoms with Gasteiger partial charge in [0.2, 0.25) is 0 Å². The summed E-state index contributed by atoms with van der Waals surface area (Å²) in [7, 11) is 0. The second kappa shape index (κ2) is 9.19. The SMILES string of the molecule is Cc1ccc(N2C(=O)C(=O)C(=C(O)c3ccc(C(F)(F)F)nc3)C2c2ccc(OC(F)(F)F)cc2)nn1. The van der Waals surface area contributed by atoms with Crippen molar-refractivity contribution in [2.45, 2.75) is 25.5 Å². The van der Waals surface area contributed by atoms with Gasteiger partial charge in [-0.3, -0.25) is 19.5 Å². The van der Waals surface area contributed by atoms with Crippen molar-refractivity contribution >= 4 is 23.3 Å². The zero-order valence-corrected chi connectivity index (χ0v) is 18.5. The Labute approximate surface area is 203 Å². The first-order chi connectivity index (χ1) is 17.3. The van der Waals surface area contributed by atoms with Gasteiger partial charge in [-0.05, 0) is 48.9 Å². The molecule has 0 radical (unpaired) electrons. The third-order valence-corrected chi connectivity index (χ3v) is 5.23. The third-order valence-electron chi connectivity index (χ3n) is 5.23. The number of aryl methyl sites for hydroxylation is 1. The van der Waals surface area contributed by atoms with Crippen LogP contribution >= 0.6 is 0 Å². The molecule has 14 heteroatoms. The highest BCUT2D eigenvalue weighted by molar-refractivity contribution is 6.51. The lowest BCUT2D eigenvalue weighted by Gasteiger charge is -2.24. The van der Waals surface area contributed by atoms with Crippen LogP contribution in [0, 0.1) is 6.92 Å². The Morgan fingerprint density at radius 3 is 2.14 bits per heavy atom. The summed E-state index contributed by atoms with van der Waals surface area (Å²) >= 11 is 0. The van der Waals surface area contributed by atoms with Crippen molar-refractivity contribution in [3.05, 3.63) is 82.8 Å². The van der Waals surface area contributed by atoms with Gasteiger partial charge in [0.15, 0.2) is 5.82 Å². The average Bonchev–Trinajstić information content (AvgIpc) is 3.08. The van der Waals surface area contributed by atoms with E-state index < -0.39 is 53.0 Å². The van der Waals surface area contributed by atoms with Crippen LogP contribution in [0.15, 0.2) is 60.3 Å². The molecule has 1 N–H and O–H groups in total. The Morgan fingerprint density at radius 1 is 0.946 bits per heavy atom. The molecule has 1 aromatic carbocycles. The van der Waals surface area contributed by atoms with Crippen molar-refractivity contribution in [2.24, 2.45) is 0 Å². The molecule has 2 aromatic heterocycles. The van der Waals surface area contributed by atoms with Gasteiger partial charge in [-0.15, -0.1) is 18.3 Å². The number of hydrogen-bond donors (Lipinski definition) is 1. The van der Waals surface area contributed by atoms with Crippen LogP contribution in [0.2, 0.25) is 0 Å². The van der Waals surface area contributed by atoms with E-state index in [0.29, 0.717) is 18.0 Å². The van der Waals surface area contributed by atoms with Gasteiger partial charge in [-0.25, -0.2) is 0 Å². The molecular weight excluding hydrogens is 510 g/mol. The molecule has 0 saturated carbocycles. The number of pyridine rings is 1. The van der Waals surface area contributed by atoms with E-state index in [4.69, 9.17) is 0 Å². The Morgan fingerprint density at radius 2 is 1.62 bits per heavy atom. The van der Waals surface area contributed by atoms with Gasteiger partial charge in [0.25, 0.3) is 5.78 Å². The minimum atomic E-state index is -4.97. The number of carbonyl (C=O) groups excluding carboxylic acids is 2. The molecule has 8 nitrogen and oxygen atoms in total. The number of Topliss-reactive ketones (excluding diaryl/α,β-unsaturated/α-hetero) is 1. The number of carbonyl (C=O) groups is 2. The normalized spacial score (nSPS) is 17.8. The molecule has 1 amide bonds. The molecule has 0 bridgehead atoms. The van der Waals surface area contributed by atoms with Gasteiger partial charge < -0.3 is 9.84 Å². The van der Waals surface area contributed by atoms with Crippen LogP contribution in [-0.2, 0) is 15.8 Å². The second-order valence-corrected chi connectivity index (χ2v) is 7.75. The molecule has 0 aliphatic carbocycles. The first kappa shape index (κ1) is 25.6. The largest absolute Gasteiger partial charge is 0.573 e. The lowest BCUT2D eigenvalue weighted by atomic mass is 9.95. The van der Waals surface area contributed by atoms with Crippen molar-refractivity contribution < 1.29 is 45.8 Å². The van der Waals surface area contributed by atoms with E-state index in [2.05, 4.69) is 19.9 Å². The van der Waals surface area contributed by atoms with E-state index in [1.807, 2.05) is 0 Å². The predicted octanol–water partition coefficient (Wildman–Crippen LogP) is 4.72. The van der Waals surface area contributed by atoms with Crippen molar-refractivity contribution in [3.8, 4) is 5.75 Å². The molecule has 3 aromatic rings. The highest BCUT2D eigenvalue weighted by Gasteiger charge is 2.48. The quantitative estimate of drug-likeness (QED) is 0.228. The van der Waals surface area contributed by atoms with Gasteiger partial charge in [0.1, 0.15) is 17.2 Å². The van der Waals surface area contributed by atoms with Crippen molar-refractivity contribution in [1.82, 2.24) is 15.2 Å². The van der Waals surface area contributed by atoms with Crippen LogP contribution < -0.4 is 9.64 Å². The number of rotatable bonds is 4. The molecule has 1 aliphatic rings. The maximum absolute atomic E-state index is 13.0. The smallest absolute Gasteiger partial charge is 0.507 e. The Kier molecular flexibility index (Phi) is 6.35. The molecule has 37 heavy (non-hydrogen) atoms. The van der Waals surface area contributed by atoms with Gasteiger partial charge in [0, 0.05) is 11.8 Å². The number of alkyl halides is 6. The number of aliphatic hydroxyl groups excluding tert-OH is 1. The molecule has 1 atom stereocenters. The maximum Gasteiger partial charge on any atom is 0.573 e. The maximum atomic E-state index is 13.0. The van der Waals surface area contributed by atoms with Crippen LogP contribution in [-0.4, -0.2) is 38.3 Å². The molecule has 4 rings (SSSR count). The Bertz CT molecular complexity index is 1370. The monoisotopic (exact) mass is 524 g/mol. The Hall–Kier alpha value is -4.49. The highest BCUT2D eigenvalue weighted by atomic mass is 19.4. The van der Waals surface area contributed by atoms with Crippen molar-refractivity contribution in [3.63, 3.8) is 0 Å². The number of benzene rings is 1. The van der Waals surface area contributed by atoms with Crippen LogP contribution in [0.3, 0.4) is 0 Å². The molecule has 1 saturated heterocycles. The zero-order chi connectivity index (χ0) is 27.1. The summed E-state index contributed by atoms with van der Waals surface area (Å²) in [6.07, 6.45) is -9.05. The summed E-state index contributed by atoms with van der Waals surface area (Å²) in [6.45, 7) is 1.61.